The molecule has 4 heterocycles. The van der Waals surface area contributed by atoms with Crippen molar-refractivity contribution in [2.45, 2.75) is 36.3 Å². The molecule has 5 rings (SSSR count). The van der Waals surface area contributed by atoms with Crippen LogP contribution in [-0.2, 0) is 22.3 Å². The molecule has 0 aliphatic carbocycles. The Bertz CT molecular complexity index is 873. The largest absolute Gasteiger partial charge is 0.487 e. The third-order valence-corrected chi connectivity index (χ3v) is 6.99. The molecule has 9 heteroatoms. The third-order valence-electron chi connectivity index (χ3n) is 5.50. The Morgan fingerprint density at radius 3 is 2.69 bits per heavy atom. The highest BCUT2D eigenvalue weighted by molar-refractivity contribution is 7.92. The summed E-state index contributed by atoms with van der Waals surface area (Å²) in [5.41, 5.74) is 0.943. The van der Waals surface area contributed by atoms with Crippen molar-refractivity contribution in [3.8, 4) is 5.75 Å². The van der Waals surface area contributed by atoms with Gasteiger partial charge in [0.1, 0.15) is 23.4 Å². The number of halogens is 1. The van der Waals surface area contributed by atoms with Gasteiger partial charge >= 0.3 is 0 Å². The molecule has 3 aliphatic heterocycles. The fourth-order valence-electron chi connectivity index (χ4n) is 3.85. The van der Waals surface area contributed by atoms with E-state index in [-0.39, 0.29) is 11.9 Å². The normalized spacial score (nSPS) is 22.3. The van der Waals surface area contributed by atoms with Crippen molar-refractivity contribution in [3.05, 3.63) is 35.8 Å². The lowest BCUT2D eigenvalue weighted by Gasteiger charge is -2.39. The first-order chi connectivity index (χ1) is 14.2. The summed E-state index contributed by atoms with van der Waals surface area (Å²) in [7, 11) is 0. The van der Waals surface area contributed by atoms with Gasteiger partial charge in [0.15, 0.2) is 22.7 Å². The highest BCUT2D eigenvalue weighted by atomic mass is 32.2. The zero-order chi connectivity index (χ0) is 19.8. The topological polar surface area (TPSA) is 79.7 Å². The first-order valence-electron chi connectivity index (χ1n) is 9.98. The second-order valence-corrected chi connectivity index (χ2v) is 9.14. The van der Waals surface area contributed by atoms with Crippen molar-refractivity contribution in [1.82, 2.24) is 9.97 Å². The van der Waals surface area contributed by atoms with Crippen LogP contribution in [0.25, 0.3) is 0 Å². The third kappa shape index (κ3) is 3.99. The number of rotatable bonds is 5. The number of benzene rings is 1. The molecule has 1 unspecified atom stereocenters. The predicted octanol–water partition coefficient (Wildman–Crippen LogP) is 2.48. The van der Waals surface area contributed by atoms with E-state index in [1.54, 1.807) is 12.1 Å². The molecule has 2 saturated heterocycles. The average Bonchev–Trinajstić information content (AvgIpc) is 3.08. The van der Waals surface area contributed by atoms with Gasteiger partial charge in [-0.05, 0) is 37.1 Å². The number of aromatic nitrogens is 2. The molecule has 2 N–H and O–H groups in total. The van der Waals surface area contributed by atoms with Crippen LogP contribution in [0.2, 0.25) is 0 Å². The molecule has 1 atom stereocenters. The second-order valence-electron chi connectivity index (χ2n) is 7.60. The molecule has 1 aromatic carbocycles. The van der Waals surface area contributed by atoms with Gasteiger partial charge < -0.3 is 19.7 Å². The molecule has 154 valence electrons. The van der Waals surface area contributed by atoms with Gasteiger partial charge in [0.25, 0.3) is 4.90 Å². The fraction of sp³-hybridized carbons (Fsp3) is 0.500. The van der Waals surface area contributed by atoms with Crippen LogP contribution >= 0.6 is 0 Å². The minimum Gasteiger partial charge on any atom is -0.487 e. The minimum absolute atomic E-state index is 0.0247. The lowest BCUT2D eigenvalue weighted by molar-refractivity contribution is 0.0903. The van der Waals surface area contributed by atoms with Crippen molar-refractivity contribution in [2.24, 2.45) is 0 Å². The van der Waals surface area contributed by atoms with E-state index in [2.05, 4.69) is 10.2 Å². The molecule has 2 fully saturated rings. The molecule has 0 spiro atoms. The standard InChI is InChI=1S/C20H24FN4O3S/c21-13-1-3-15(4-2-13)28-16-11-25(12-16)20-23-17-7-10-29(26)18(17)19(24-20)22-14-5-8-27-9-6-14/h1-4,14,16,26H,5-12H2,(H,22,23,24)/q+1. The summed E-state index contributed by atoms with van der Waals surface area (Å²) in [5.74, 6) is 2.55. The van der Waals surface area contributed by atoms with Crippen LogP contribution in [0.4, 0.5) is 16.2 Å². The van der Waals surface area contributed by atoms with Crippen LogP contribution in [0.1, 0.15) is 18.5 Å². The Hall–Kier alpha value is -2.10. The van der Waals surface area contributed by atoms with Crippen LogP contribution in [0.15, 0.2) is 29.2 Å². The second kappa shape index (κ2) is 7.97. The Morgan fingerprint density at radius 1 is 1.17 bits per heavy atom. The van der Waals surface area contributed by atoms with Crippen LogP contribution in [-0.4, -0.2) is 58.7 Å². The quantitative estimate of drug-likeness (QED) is 0.721. The van der Waals surface area contributed by atoms with Crippen molar-refractivity contribution >= 4 is 22.9 Å². The van der Waals surface area contributed by atoms with E-state index >= 15 is 0 Å². The highest BCUT2D eigenvalue weighted by Gasteiger charge is 2.40. The van der Waals surface area contributed by atoms with Crippen molar-refractivity contribution < 1.29 is 18.4 Å². The van der Waals surface area contributed by atoms with Gasteiger partial charge in [-0.1, -0.05) is 0 Å². The number of aryl methyl sites for hydroxylation is 1. The number of hydrogen-bond acceptors (Lipinski definition) is 7. The molecule has 0 bridgehead atoms. The van der Waals surface area contributed by atoms with Crippen LogP contribution < -0.4 is 15.0 Å². The van der Waals surface area contributed by atoms with E-state index in [0.717, 1.165) is 48.9 Å². The summed E-state index contributed by atoms with van der Waals surface area (Å²) in [6.45, 7) is 2.85. The molecule has 29 heavy (non-hydrogen) atoms. The molecule has 1 aromatic heterocycles. The number of nitrogens with one attached hydrogen (secondary N) is 1. The molecule has 3 aliphatic rings. The van der Waals surface area contributed by atoms with E-state index in [1.807, 2.05) is 0 Å². The van der Waals surface area contributed by atoms with E-state index in [1.165, 1.54) is 12.1 Å². The van der Waals surface area contributed by atoms with E-state index in [0.29, 0.717) is 36.6 Å². The summed E-state index contributed by atoms with van der Waals surface area (Å²) in [5, 5.41) is 3.53. The first-order valence-corrected chi connectivity index (χ1v) is 11.3. The maximum Gasteiger partial charge on any atom is 0.253 e. The van der Waals surface area contributed by atoms with E-state index in [9.17, 15) is 8.94 Å². The Kier molecular flexibility index (Phi) is 5.19. The SMILES string of the molecule is O[S+]1CCc2nc(N3CC(Oc4ccc(F)cc4)C3)nc(NC3CCOCC3)c21. The van der Waals surface area contributed by atoms with Gasteiger partial charge in [-0.3, -0.25) is 0 Å². The summed E-state index contributed by atoms with van der Waals surface area (Å²) >= 11 is -0.797. The van der Waals surface area contributed by atoms with Crippen LogP contribution in [0.5, 0.6) is 5.75 Å². The minimum atomic E-state index is -0.797. The van der Waals surface area contributed by atoms with Gasteiger partial charge in [-0.2, -0.15) is 9.54 Å². The van der Waals surface area contributed by atoms with Crippen molar-refractivity contribution in [3.63, 3.8) is 0 Å². The Labute approximate surface area is 171 Å². The lowest BCUT2D eigenvalue weighted by Crippen LogP contribution is -2.54. The summed E-state index contributed by atoms with van der Waals surface area (Å²) in [6, 6.07) is 6.38. The molecule has 0 radical (unpaired) electrons. The van der Waals surface area contributed by atoms with Crippen molar-refractivity contribution in [1.29, 1.82) is 0 Å². The number of fused-ring (bicyclic) bond motifs is 1. The monoisotopic (exact) mass is 419 g/mol. The van der Waals surface area contributed by atoms with Crippen molar-refractivity contribution in [2.75, 3.05) is 42.3 Å². The number of nitrogens with zero attached hydrogens (tertiary/aromatic N) is 3. The zero-order valence-electron chi connectivity index (χ0n) is 16.0. The fourth-order valence-corrected chi connectivity index (χ4v) is 5.19. The zero-order valence-corrected chi connectivity index (χ0v) is 16.8. The molecule has 0 saturated carbocycles. The molecular weight excluding hydrogens is 395 g/mol. The van der Waals surface area contributed by atoms with Gasteiger partial charge in [0.2, 0.25) is 5.95 Å². The van der Waals surface area contributed by atoms with Crippen LogP contribution in [0.3, 0.4) is 0 Å². The van der Waals surface area contributed by atoms with E-state index in [4.69, 9.17) is 19.4 Å². The van der Waals surface area contributed by atoms with E-state index < -0.39 is 11.2 Å². The molecule has 2 aromatic rings. The summed E-state index contributed by atoms with van der Waals surface area (Å²) in [4.78, 5) is 12.4. The summed E-state index contributed by atoms with van der Waals surface area (Å²) in [6.07, 6.45) is 2.67. The maximum atomic E-state index is 13.0. The number of ether oxygens (including phenoxy) is 2. The van der Waals surface area contributed by atoms with Gasteiger partial charge in [-0.25, -0.2) is 9.37 Å². The van der Waals surface area contributed by atoms with Crippen LogP contribution in [0, 0.1) is 5.82 Å². The summed E-state index contributed by atoms with van der Waals surface area (Å²) < 4.78 is 34.8. The predicted molar refractivity (Wildman–Crippen MR) is 109 cm³/mol. The smallest absolute Gasteiger partial charge is 0.253 e. The number of anilines is 2. The van der Waals surface area contributed by atoms with Gasteiger partial charge in [0, 0.05) is 25.7 Å². The molecular formula is C20H24FN4O3S+. The molecule has 7 nitrogen and oxygen atoms in total. The Balaban J connectivity index is 1.29. The first kappa shape index (κ1) is 18.9. The highest BCUT2D eigenvalue weighted by Crippen LogP contribution is 2.34. The van der Waals surface area contributed by atoms with Gasteiger partial charge in [-0.15, -0.1) is 0 Å². The van der Waals surface area contributed by atoms with Gasteiger partial charge in [0.05, 0.1) is 13.1 Å². The maximum absolute atomic E-state index is 13.0. The Morgan fingerprint density at radius 2 is 1.93 bits per heavy atom. The average molecular weight is 420 g/mol. The number of hydrogen-bond donors (Lipinski definition) is 2. The molecule has 0 amide bonds. The lowest BCUT2D eigenvalue weighted by atomic mass is 10.1.